The molecule has 0 radical (unpaired) electrons. The summed E-state index contributed by atoms with van der Waals surface area (Å²) < 4.78 is 36.4. The van der Waals surface area contributed by atoms with E-state index in [-0.39, 0.29) is 12.8 Å². The Labute approximate surface area is 79.3 Å². The molecule has 0 amide bonds. The van der Waals surface area contributed by atoms with Crippen LogP contribution in [0.15, 0.2) is 0 Å². The van der Waals surface area contributed by atoms with E-state index in [0.717, 1.165) is 0 Å². The van der Waals surface area contributed by atoms with Crippen LogP contribution in [0.25, 0.3) is 0 Å². The molecule has 0 spiro atoms. The van der Waals surface area contributed by atoms with Crippen molar-refractivity contribution < 1.29 is 23.1 Å². The van der Waals surface area contributed by atoms with Gasteiger partial charge in [-0.05, 0) is 19.9 Å². The van der Waals surface area contributed by atoms with Gasteiger partial charge in [-0.2, -0.15) is 13.2 Å². The summed E-state index contributed by atoms with van der Waals surface area (Å²) in [7, 11) is 1.17. The van der Waals surface area contributed by atoms with Crippen LogP contribution in [0.1, 0.15) is 12.8 Å². The number of alkyl halides is 3. The molecule has 0 unspecified atom stereocenters. The van der Waals surface area contributed by atoms with E-state index in [1.807, 2.05) is 0 Å². The van der Waals surface area contributed by atoms with E-state index in [9.17, 15) is 18.0 Å². The number of hydrogen-bond acceptors (Lipinski definition) is 3. The van der Waals surface area contributed by atoms with E-state index in [1.54, 1.807) is 0 Å². The van der Waals surface area contributed by atoms with Gasteiger partial charge < -0.3 is 16.2 Å². The van der Waals surface area contributed by atoms with Gasteiger partial charge in [0.25, 0.3) is 0 Å². The quantitative estimate of drug-likeness (QED) is 0.616. The third kappa shape index (κ3) is 4.43. The zero-order chi connectivity index (χ0) is 11.4. The number of nitrogens with one attached hydrogen (secondary N) is 1. The summed E-state index contributed by atoms with van der Waals surface area (Å²) in [6, 6.07) is -2.94. The van der Waals surface area contributed by atoms with Crippen LogP contribution in [0.4, 0.5) is 13.2 Å². The summed E-state index contributed by atoms with van der Waals surface area (Å²) in [5.74, 6) is -1.29. The highest BCUT2D eigenvalue weighted by Crippen LogP contribution is 2.23. The van der Waals surface area contributed by atoms with Gasteiger partial charge in [0.2, 0.25) is 0 Å². The van der Waals surface area contributed by atoms with Crippen molar-refractivity contribution in [3.8, 4) is 0 Å². The lowest BCUT2D eigenvalue weighted by Crippen LogP contribution is -2.42. The van der Waals surface area contributed by atoms with Crippen LogP contribution in [0, 0.1) is 0 Å². The molecule has 4 nitrogen and oxygen atoms in total. The molecule has 0 rings (SSSR count). The van der Waals surface area contributed by atoms with E-state index in [4.69, 9.17) is 10.8 Å². The van der Waals surface area contributed by atoms with E-state index < -0.39 is 24.2 Å². The number of carbonyl (C=O) groups is 1. The molecular weight excluding hydrogens is 201 g/mol. The van der Waals surface area contributed by atoms with Crippen molar-refractivity contribution >= 4 is 5.97 Å². The molecule has 2 atom stereocenters. The Morgan fingerprint density at radius 1 is 1.50 bits per heavy atom. The zero-order valence-corrected chi connectivity index (χ0v) is 7.64. The van der Waals surface area contributed by atoms with Crippen molar-refractivity contribution in [3.05, 3.63) is 0 Å². The summed E-state index contributed by atoms with van der Waals surface area (Å²) in [5.41, 5.74) is 5.07. The lowest BCUT2D eigenvalue weighted by molar-refractivity contribution is -0.157. The molecule has 0 heterocycles. The van der Waals surface area contributed by atoms with Gasteiger partial charge in [-0.25, -0.2) is 0 Å². The minimum atomic E-state index is -4.37. The number of carboxylic acid groups (broad SMARTS) is 1. The largest absolute Gasteiger partial charge is 0.480 e. The number of nitrogens with two attached hydrogens (primary N) is 1. The standard InChI is InChI=1S/C7H13F3N2O2/c1-12-5(7(8,9)10)3-2-4(11)6(13)14/h4-5,12H,2-3,11H2,1H3,(H,13,14)/t4-,5-/m1/s1. The van der Waals surface area contributed by atoms with Gasteiger partial charge in [-0.3, -0.25) is 4.79 Å². The van der Waals surface area contributed by atoms with Crippen LogP contribution in [0.5, 0.6) is 0 Å². The van der Waals surface area contributed by atoms with Crippen LogP contribution in [-0.4, -0.2) is 36.4 Å². The molecule has 7 heteroatoms. The van der Waals surface area contributed by atoms with Crippen molar-refractivity contribution in [1.82, 2.24) is 5.32 Å². The molecule has 4 N–H and O–H groups in total. The van der Waals surface area contributed by atoms with Gasteiger partial charge in [0.15, 0.2) is 0 Å². The van der Waals surface area contributed by atoms with Crippen LogP contribution in [-0.2, 0) is 4.79 Å². The third-order valence-corrected chi connectivity index (χ3v) is 1.83. The Kier molecular flexibility index (Phi) is 4.86. The maximum Gasteiger partial charge on any atom is 0.403 e. The molecule has 0 fully saturated rings. The Bertz CT molecular complexity index is 196. The van der Waals surface area contributed by atoms with Crippen molar-refractivity contribution in [3.63, 3.8) is 0 Å². The zero-order valence-electron chi connectivity index (χ0n) is 7.64. The molecule has 0 aliphatic rings. The summed E-state index contributed by atoms with van der Waals surface area (Å²) in [6.07, 6.45) is -4.92. The highest BCUT2D eigenvalue weighted by atomic mass is 19.4. The second kappa shape index (κ2) is 5.16. The molecule has 0 aromatic heterocycles. The number of hydrogen-bond donors (Lipinski definition) is 3. The highest BCUT2D eigenvalue weighted by molar-refractivity contribution is 5.72. The molecule has 84 valence electrons. The minimum absolute atomic E-state index is 0.208. The van der Waals surface area contributed by atoms with E-state index in [0.29, 0.717) is 0 Å². The molecular formula is C7H13F3N2O2. The molecule has 0 bridgehead atoms. The van der Waals surface area contributed by atoms with Gasteiger partial charge in [-0.15, -0.1) is 0 Å². The Hall–Kier alpha value is -0.820. The van der Waals surface area contributed by atoms with Crippen molar-refractivity contribution in [2.75, 3.05) is 7.05 Å². The fourth-order valence-corrected chi connectivity index (χ4v) is 0.941. The van der Waals surface area contributed by atoms with Crippen molar-refractivity contribution in [2.45, 2.75) is 31.1 Å². The van der Waals surface area contributed by atoms with Gasteiger partial charge in [-0.1, -0.05) is 0 Å². The van der Waals surface area contributed by atoms with E-state index in [2.05, 4.69) is 5.32 Å². The summed E-state index contributed by atoms with van der Waals surface area (Å²) >= 11 is 0. The smallest absolute Gasteiger partial charge is 0.403 e. The van der Waals surface area contributed by atoms with E-state index >= 15 is 0 Å². The topological polar surface area (TPSA) is 75.3 Å². The average molecular weight is 214 g/mol. The first-order chi connectivity index (χ1) is 6.29. The number of carboxylic acids is 1. The first kappa shape index (κ1) is 13.2. The normalized spacial score (nSPS) is 16.4. The van der Waals surface area contributed by atoms with Gasteiger partial charge in [0.1, 0.15) is 12.1 Å². The Morgan fingerprint density at radius 2 is 2.00 bits per heavy atom. The lowest BCUT2D eigenvalue weighted by Gasteiger charge is -2.20. The molecule has 0 aliphatic heterocycles. The van der Waals surface area contributed by atoms with E-state index in [1.165, 1.54) is 7.05 Å². The Morgan fingerprint density at radius 3 is 2.29 bits per heavy atom. The minimum Gasteiger partial charge on any atom is -0.480 e. The molecule has 0 aromatic carbocycles. The first-order valence-electron chi connectivity index (χ1n) is 4.01. The predicted molar refractivity (Wildman–Crippen MR) is 43.7 cm³/mol. The fourth-order valence-electron chi connectivity index (χ4n) is 0.941. The molecule has 0 saturated heterocycles. The monoisotopic (exact) mass is 214 g/mol. The van der Waals surface area contributed by atoms with Crippen molar-refractivity contribution in [2.24, 2.45) is 5.73 Å². The summed E-state index contributed by atoms with van der Waals surface area (Å²) in [6.45, 7) is 0. The maximum atomic E-state index is 12.1. The lowest BCUT2D eigenvalue weighted by atomic mass is 10.1. The number of rotatable bonds is 5. The van der Waals surface area contributed by atoms with Gasteiger partial charge in [0.05, 0.1) is 0 Å². The molecule has 14 heavy (non-hydrogen) atoms. The second-order valence-corrected chi connectivity index (χ2v) is 2.90. The summed E-state index contributed by atoms with van der Waals surface area (Å²) in [5, 5.41) is 10.4. The number of halogens is 3. The number of aliphatic carboxylic acids is 1. The Balaban J connectivity index is 4.03. The van der Waals surface area contributed by atoms with Crippen LogP contribution < -0.4 is 11.1 Å². The van der Waals surface area contributed by atoms with Crippen LogP contribution >= 0.6 is 0 Å². The summed E-state index contributed by atoms with van der Waals surface area (Å²) in [4.78, 5) is 10.2. The van der Waals surface area contributed by atoms with Crippen LogP contribution in [0.3, 0.4) is 0 Å². The fraction of sp³-hybridized carbons (Fsp3) is 0.857. The average Bonchev–Trinajstić information content (AvgIpc) is 2.02. The second-order valence-electron chi connectivity index (χ2n) is 2.90. The molecule has 0 aliphatic carbocycles. The molecule has 0 saturated carbocycles. The van der Waals surface area contributed by atoms with Crippen LogP contribution in [0.2, 0.25) is 0 Å². The van der Waals surface area contributed by atoms with Gasteiger partial charge in [0, 0.05) is 0 Å². The SMILES string of the molecule is CN[C@H](CC[C@@H](N)C(=O)O)C(F)(F)F. The third-order valence-electron chi connectivity index (χ3n) is 1.83. The van der Waals surface area contributed by atoms with Crippen molar-refractivity contribution in [1.29, 1.82) is 0 Å². The highest BCUT2D eigenvalue weighted by Gasteiger charge is 2.38. The van der Waals surface area contributed by atoms with Gasteiger partial charge >= 0.3 is 12.1 Å². The first-order valence-corrected chi connectivity index (χ1v) is 4.01. The predicted octanol–water partition coefficient (Wildman–Crippen LogP) is 0.329. The molecule has 0 aromatic rings. The maximum absolute atomic E-state index is 12.1.